The van der Waals surface area contributed by atoms with Gasteiger partial charge in [0, 0.05) is 20.1 Å². The highest BCUT2D eigenvalue weighted by Crippen LogP contribution is 2.38. The number of carbonyl (C=O) groups excluding carboxylic acids is 2. The van der Waals surface area contributed by atoms with Crippen molar-refractivity contribution in [2.75, 3.05) is 25.9 Å². The van der Waals surface area contributed by atoms with Crippen molar-refractivity contribution in [2.45, 2.75) is 12.3 Å². The molecule has 1 atom stereocenters. The zero-order valence-electron chi connectivity index (χ0n) is 13.8. The highest BCUT2D eigenvalue weighted by Gasteiger charge is 2.32. The second kappa shape index (κ2) is 7.40. The number of nitrogens with zero attached hydrogens (tertiary/aromatic N) is 2. The number of benzene rings is 1. The van der Waals surface area contributed by atoms with Crippen LogP contribution >= 0.6 is 23.1 Å². The van der Waals surface area contributed by atoms with Gasteiger partial charge in [0.15, 0.2) is 0 Å². The molecule has 1 fully saturated rings. The zero-order valence-corrected chi connectivity index (χ0v) is 15.4. The van der Waals surface area contributed by atoms with E-state index in [-0.39, 0.29) is 17.2 Å². The summed E-state index contributed by atoms with van der Waals surface area (Å²) < 4.78 is 0. The molecule has 4 nitrogen and oxygen atoms in total. The van der Waals surface area contributed by atoms with Crippen molar-refractivity contribution < 1.29 is 9.59 Å². The second-order valence-corrected chi connectivity index (χ2v) is 7.88. The molecular weight excluding hydrogens is 340 g/mol. The molecule has 0 bridgehead atoms. The minimum Gasteiger partial charge on any atom is -0.339 e. The van der Waals surface area contributed by atoms with E-state index >= 15 is 0 Å². The number of carbonyl (C=O) groups is 2. The molecule has 0 spiro atoms. The summed E-state index contributed by atoms with van der Waals surface area (Å²) in [6.07, 6.45) is 0. The minimum absolute atomic E-state index is 0.0106. The highest BCUT2D eigenvalue weighted by molar-refractivity contribution is 8.00. The average Bonchev–Trinajstić information content (AvgIpc) is 3.22. The van der Waals surface area contributed by atoms with E-state index in [2.05, 4.69) is 25.1 Å². The van der Waals surface area contributed by atoms with Gasteiger partial charge in [0.1, 0.15) is 5.37 Å². The maximum atomic E-state index is 12.3. The number of likely N-dealkylation sites (N-methyl/N-ethyl adjacent to an activating group) is 1. The first kappa shape index (κ1) is 17.0. The first-order chi connectivity index (χ1) is 11.6. The average molecular weight is 361 g/mol. The minimum atomic E-state index is 0.0106. The summed E-state index contributed by atoms with van der Waals surface area (Å²) >= 11 is 3.09. The van der Waals surface area contributed by atoms with E-state index in [0.29, 0.717) is 18.8 Å². The van der Waals surface area contributed by atoms with Crippen LogP contribution in [0.2, 0.25) is 0 Å². The summed E-state index contributed by atoms with van der Waals surface area (Å²) in [5, 5.41) is 1.94. The van der Waals surface area contributed by atoms with Crippen molar-refractivity contribution in [3.8, 4) is 0 Å². The summed E-state index contributed by atoms with van der Waals surface area (Å²) in [4.78, 5) is 28.9. The number of aryl methyl sites for hydroxylation is 1. The summed E-state index contributed by atoms with van der Waals surface area (Å²) in [5.74, 6) is 0.654. The maximum absolute atomic E-state index is 12.3. The number of amides is 2. The molecule has 1 aliphatic rings. The molecule has 0 aliphatic carbocycles. The molecule has 0 radical (unpaired) electrons. The van der Waals surface area contributed by atoms with E-state index in [0.717, 1.165) is 10.4 Å². The van der Waals surface area contributed by atoms with E-state index in [4.69, 9.17) is 0 Å². The number of rotatable bonds is 5. The lowest BCUT2D eigenvalue weighted by Crippen LogP contribution is -2.38. The van der Waals surface area contributed by atoms with Gasteiger partial charge in [0.25, 0.3) is 5.91 Å². The summed E-state index contributed by atoms with van der Waals surface area (Å²) in [7, 11) is 1.79. The lowest BCUT2D eigenvalue weighted by Gasteiger charge is -2.27. The van der Waals surface area contributed by atoms with Crippen molar-refractivity contribution in [2.24, 2.45) is 0 Å². The molecule has 0 saturated carbocycles. The number of hydrogen-bond donors (Lipinski definition) is 0. The SMILES string of the molecule is Cc1cccc([C@@H]2SCC(=O)N2CCN(C)C(=O)c2cccs2)c1. The quantitative estimate of drug-likeness (QED) is 0.820. The lowest BCUT2D eigenvalue weighted by atomic mass is 10.1. The fourth-order valence-electron chi connectivity index (χ4n) is 2.74. The Morgan fingerprint density at radius 2 is 2.17 bits per heavy atom. The second-order valence-electron chi connectivity index (χ2n) is 5.87. The lowest BCUT2D eigenvalue weighted by molar-refractivity contribution is -0.128. The van der Waals surface area contributed by atoms with Crippen molar-refractivity contribution >= 4 is 34.9 Å². The van der Waals surface area contributed by atoms with E-state index < -0.39 is 0 Å². The van der Waals surface area contributed by atoms with Crippen LogP contribution in [0.5, 0.6) is 0 Å². The van der Waals surface area contributed by atoms with Gasteiger partial charge in [-0.25, -0.2) is 0 Å². The molecule has 1 aromatic heterocycles. The molecule has 24 heavy (non-hydrogen) atoms. The Bertz CT molecular complexity index is 730. The Balaban J connectivity index is 1.66. The summed E-state index contributed by atoms with van der Waals surface area (Å²) in [6, 6.07) is 12.0. The fraction of sp³-hybridized carbons (Fsp3) is 0.333. The number of hydrogen-bond acceptors (Lipinski definition) is 4. The van der Waals surface area contributed by atoms with E-state index in [1.165, 1.54) is 16.9 Å². The van der Waals surface area contributed by atoms with Gasteiger partial charge in [-0.05, 0) is 23.9 Å². The molecule has 2 amide bonds. The normalized spacial score (nSPS) is 17.3. The van der Waals surface area contributed by atoms with Crippen LogP contribution in [-0.4, -0.2) is 47.5 Å². The molecule has 1 aromatic carbocycles. The van der Waals surface area contributed by atoms with Crippen molar-refractivity contribution in [1.29, 1.82) is 0 Å². The molecule has 126 valence electrons. The predicted molar refractivity (Wildman–Crippen MR) is 99.4 cm³/mol. The van der Waals surface area contributed by atoms with Gasteiger partial charge in [-0.3, -0.25) is 9.59 Å². The topological polar surface area (TPSA) is 40.6 Å². The van der Waals surface area contributed by atoms with E-state index in [1.807, 2.05) is 28.5 Å². The molecule has 1 saturated heterocycles. The molecule has 2 heterocycles. The van der Waals surface area contributed by atoms with Gasteiger partial charge in [0.05, 0.1) is 10.6 Å². The van der Waals surface area contributed by atoms with Crippen molar-refractivity contribution in [3.63, 3.8) is 0 Å². The number of thiophene rings is 1. The molecule has 6 heteroatoms. The molecular formula is C18H20N2O2S2. The Morgan fingerprint density at radius 3 is 2.88 bits per heavy atom. The Hall–Kier alpha value is -1.79. The summed E-state index contributed by atoms with van der Waals surface area (Å²) in [6.45, 7) is 3.14. The first-order valence-corrected chi connectivity index (χ1v) is 9.75. The van der Waals surface area contributed by atoms with Gasteiger partial charge in [-0.2, -0.15) is 0 Å². The van der Waals surface area contributed by atoms with Gasteiger partial charge in [-0.15, -0.1) is 23.1 Å². The van der Waals surface area contributed by atoms with Gasteiger partial charge < -0.3 is 9.80 Å². The highest BCUT2D eigenvalue weighted by atomic mass is 32.2. The Morgan fingerprint density at radius 1 is 1.33 bits per heavy atom. The van der Waals surface area contributed by atoms with Crippen molar-refractivity contribution in [3.05, 3.63) is 57.8 Å². The third-order valence-corrected chi connectivity index (χ3v) is 6.16. The van der Waals surface area contributed by atoms with Crippen LogP contribution in [0, 0.1) is 6.92 Å². The van der Waals surface area contributed by atoms with Crippen LogP contribution in [0.1, 0.15) is 26.2 Å². The molecule has 2 aromatic rings. The summed E-state index contributed by atoms with van der Waals surface area (Å²) in [5.41, 5.74) is 2.34. The van der Waals surface area contributed by atoms with Crippen LogP contribution in [-0.2, 0) is 4.79 Å². The number of thioether (sulfide) groups is 1. The Kier molecular flexibility index (Phi) is 5.26. The smallest absolute Gasteiger partial charge is 0.263 e. The standard InChI is InChI=1S/C18H20N2O2S2/c1-13-5-3-6-14(11-13)18-20(16(21)12-24-18)9-8-19(2)17(22)15-7-4-10-23-15/h3-7,10-11,18H,8-9,12H2,1-2H3/t18-/m0/s1. The third kappa shape index (κ3) is 3.65. The predicted octanol–water partition coefficient (Wildman–Crippen LogP) is 3.40. The van der Waals surface area contributed by atoms with Gasteiger partial charge >= 0.3 is 0 Å². The van der Waals surface area contributed by atoms with Crippen LogP contribution in [0.25, 0.3) is 0 Å². The van der Waals surface area contributed by atoms with Gasteiger partial charge in [0.2, 0.25) is 5.91 Å². The Labute approximate surface area is 150 Å². The largest absolute Gasteiger partial charge is 0.339 e. The third-order valence-electron chi connectivity index (χ3n) is 4.05. The van der Waals surface area contributed by atoms with Crippen LogP contribution in [0.15, 0.2) is 41.8 Å². The van der Waals surface area contributed by atoms with E-state index in [1.54, 1.807) is 23.7 Å². The van der Waals surface area contributed by atoms with E-state index in [9.17, 15) is 9.59 Å². The maximum Gasteiger partial charge on any atom is 0.263 e. The van der Waals surface area contributed by atoms with Crippen LogP contribution in [0.3, 0.4) is 0 Å². The molecule has 3 rings (SSSR count). The first-order valence-electron chi connectivity index (χ1n) is 7.83. The fourth-order valence-corrected chi connectivity index (χ4v) is 4.67. The van der Waals surface area contributed by atoms with Crippen molar-refractivity contribution in [1.82, 2.24) is 9.80 Å². The molecule has 0 N–H and O–H groups in total. The monoisotopic (exact) mass is 360 g/mol. The molecule has 0 unspecified atom stereocenters. The van der Waals surface area contributed by atoms with Crippen LogP contribution in [0.4, 0.5) is 0 Å². The van der Waals surface area contributed by atoms with Gasteiger partial charge in [-0.1, -0.05) is 35.9 Å². The zero-order chi connectivity index (χ0) is 17.1. The van der Waals surface area contributed by atoms with Crippen LogP contribution < -0.4 is 0 Å². The molecule has 1 aliphatic heterocycles.